The summed E-state index contributed by atoms with van der Waals surface area (Å²) in [6.45, 7) is 4.19. The molecule has 440 valence electrons. The first-order chi connectivity index (χ1) is 37.0. The van der Waals surface area contributed by atoms with E-state index in [0.29, 0.717) is 48.3 Å². The van der Waals surface area contributed by atoms with Crippen molar-refractivity contribution in [3.05, 3.63) is 108 Å². The summed E-state index contributed by atoms with van der Waals surface area (Å²) in [6.07, 6.45) is 12.4. The number of benzene rings is 4. The lowest BCUT2D eigenvalue weighted by Crippen LogP contribution is -2.43. The number of hydrogen-bond acceptors (Lipinski definition) is 17. The average molecular weight is 1240 g/mol. The van der Waals surface area contributed by atoms with E-state index in [0.717, 1.165) is 12.1 Å². The Morgan fingerprint density at radius 1 is 0.575 bits per heavy atom. The Labute approximate surface area is 465 Å². The Hall–Kier alpha value is -5.19. The highest BCUT2D eigenvalue weighted by Gasteiger charge is 2.48. The number of aliphatic carboxylic acids is 1. The molecule has 6 rings (SSSR count). The summed E-state index contributed by atoms with van der Waals surface area (Å²) in [7, 11) is -28.0. The molecule has 0 radical (unpaired) electrons. The second-order valence-corrected chi connectivity index (χ2v) is 28.5. The molecular weight excluding hydrogens is 1170 g/mol. The van der Waals surface area contributed by atoms with E-state index in [1.54, 1.807) is 60.4 Å². The van der Waals surface area contributed by atoms with Crippen LogP contribution in [0, 0.1) is 0 Å². The molecule has 4 aromatic rings. The molecule has 0 fully saturated rings. The zero-order valence-electron chi connectivity index (χ0n) is 43.4. The number of methoxy groups -OCH3 is 1. The summed E-state index contributed by atoms with van der Waals surface area (Å²) in [5, 5.41) is 9.05. The topological polar surface area (TPSA) is 388 Å². The van der Waals surface area contributed by atoms with E-state index in [1.165, 1.54) is 25.3 Å². The van der Waals surface area contributed by atoms with Gasteiger partial charge in [0.25, 0.3) is 60.7 Å². The number of hydrogen-bond donors (Lipinski definition) is 7. The van der Waals surface area contributed by atoms with Gasteiger partial charge in [-0.05, 0) is 110 Å². The van der Waals surface area contributed by atoms with Gasteiger partial charge in [0.2, 0.25) is 0 Å². The van der Waals surface area contributed by atoms with Gasteiger partial charge in [0, 0.05) is 71.9 Å². The van der Waals surface area contributed by atoms with Crippen molar-refractivity contribution in [3.8, 4) is 0 Å². The fourth-order valence-corrected chi connectivity index (χ4v) is 14.4. The van der Waals surface area contributed by atoms with Gasteiger partial charge < -0.3 is 24.4 Å². The van der Waals surface area contributed by atoms with Crippen LogP contribution in [0.3, 0.4) is 0 Å². The molecule has 7 N–H and O–H groups in total. The highest BCUT2D eigenvalue weighted by molar-refractivity contribution is 7.87. The molecule has 3 unspecified atom stereocenters. The Morgan fingerprint density at radius 3 is 1.65 bits per heavy atom. The zero-order chi connectivity index (χ0) is 59.4. The lowest BCUT2D eigenvalue weighted by molar-refractivity contribution is -0.137. The molecule has 24 nitrogen and oxygen atoms in total. The van der Waals surface area contributed by atoms with Crippen LogP contribution in [0.25, 0.3) is 21.5 Å². The van der Waals surface area contributed by atoms with E-state index in [2.05, 4.69) is 0 Å². The van der Waals surface area contributed by atoms with Gasteiger partial charge in [-0.3, -0.25) is 32.1 Å². The van der Waals surface area contributed by atoms with E-state index >= 15 is 0 Å². The van der Waals surface area contributed by atoms with Crippen molar-refractivity contribution in [1.29, 1.82) is 0 Å². The van der Waals surface area contributed by atoms with Crippen molar-refractivity contribution in [2.75, 3.05) is 61.3 Å². The SMILES string of the molecule is COCCOCCC1(C)C(=CC=CC=CC=CC2N(CCCS(=O)(=O)O)c3ccc4c(S(=O)(=O)O)cc(S(=O)(=O)O)cc4c3C2(C)CCCS(=O)(=O)O)N(CCCCCC(=O)O)c2ccc3c(S(=O)(=O)O)cc(S(=O)(=O)O)cc3c21. The van der Waals surface area contributed by atoms with E-state index in [1.807, 2.05) is 11.8 Å². The zero-order valence-corrected chi connectivity index (χ0v) is 48.3. The van der Waals surface area contributed by atoms with Crippen molar-refractivity contribution >= 4 is 99.6 Å². The van der Waals surface area contributed by atoms with Crippen molar-refractivity contribution in [3.63, 3.8) is 0 Å². The number of rotatable bonds is 28. The summed E-state index contributed by atoms with van der Waals surface area (Å²) in [6, 6.07) is 8.17. The highest BCUT2D eigenvalue weighted by atomic mass is 32.2. The second-order valence-electron chi connectivity index (χ2n) is 19.7. The van der Waals surface area contributed by atoms with Gasteiger partial charge in [-0.2, -0.15) is 50.5 Å². The van der Waals surface area contributed by atoms with Gasteiger partial charge in [0.05, 0.1) is 40.6 Å². The Bertz CT molecular complexity index is 3880. The molecule has 30 heteroatoms. The minimum absolute atomic E-state index is 0.0473. The van der Waals surface area contributed by atoms with Crippen LogP contribution >= 0.6 is 0 Å². The van der Waals surface area contributed by atoms with Gasteiger partial charge in [0.15, 0.2) is 0 Å². The van der Waals surface area contributed by atoms with Crippen molar-refractivity contribution in [2.45, 2.75) is 102 Å². The first-order valence-electron chi connectivity index (χ1n) is 24.6. The third-order valence-corrected chi connectivity index (χ3v) is 19.2. The molecule has 0 bridgehead atoms. The number of carboxylic acid groups (broad SMARTS) is 1. The number of allylic oxidation sites excluding steroid dienone is 7. The lowest BCUT2D eigenvalue weighted by atomic mass is 9.73. The Kier molecular flexibility index (Phi) is 19.8. The molecule has 0 aromatic heterocycles. The van der Waals surface area contributed by atoms with Gasteiger partial charge in [0.1, 0.15) is 9.79 Å². The number of anilines is 2. The average Bonchev–Trinajstić information content (AvgIpc) is 3.71. The summed E-state index contributed by atoms with van der Waals surface area (Å²) in [4.78, 5) is 11.6. The fourth-order valence-electron chi connectivity index (χ4n) is 10.7. The molecule has 0 amide bonds. The smallest absolute Gasteiger partial charge is 0.303 e. The largest absolute Gasteiger partial charge is 0.481 e. The predicted octanol–water partition coefficient (Wildman–Crippen LogP) is 6.40. The molecule has 2 aliphatic rings. The number of carbonyl (C=O) groups is 1. The van der Waals surface area contributed by atoms with Crippen molar-refractivity contribution < 1.29 is 97.2 Å². The van der Waals surface area contributed by atoms with Crippen molar-refractivity contribution in [2.24, 2.45) is 0 Å². The molecule has 80 heavy (non-hydrogen) atoms. The molecule has 0 saturated carbocycles. The van der Waals surface area contributed by atoms with Crippen LogP contribution in [0.4, 0.5) is 11.4 Å². The fraction of sp³-hybridized carbons (Fsp3) is 0.420. The summed E-state index contributed by atoms with van der Waals surface area (Å²) >= 11 is 0. The number of carboxylic acids is 1. The number of ether oxygens (including phenoxy) is 2. The number of unbranched alkanes of at least 4 members (excludes halogenated alkanes) is 2. The van der Waals surface area contributed by atoms with Crippen LogP contribution < -0.4 is 9.80 Å². The van der Waals surface area contributed by atoms with E-state index in [-0.39, 0.29) is 97.8 Å². The molecular formula is C50H62N2O22S6. The van der Waals surface area contributed by atoms with Gasteiger partial charge in [-0.25, -0.2) is 0 Å². The van der Waals surface area contributed by atoms with Gasteiger partial charge >= 0.3 is 5.97 Å². The Balaban J connectivity index is 1.49. The Morgan fingerprint density at radius 2 is 1.11 bits per heavy atom. The number of nitrogens with zero attached hydrogens (tertiary/aromatic N) is 2. The number of fused-ring (bicyclic) bond motifs is 6. The maximum atomic E-state index is 12.8. The highest BCUT2D eigenvalue weighted by Crippen LogP contribution is 2.55. The summed E-state index contributed by atoms with van der Waals surface area (Å²) in [5.41, 5.74) is -0.437. The third-order valence-electron chi connectivity index (χ3n) is 14.2. The van der Waals surface area contributed by atoms with Crippen molar-refractivity contribution in [1.82, 2.24) is 0 Å². The maximum absolute atomic E-state index is 12.8. The molecule has 4 aromatic carbocycles. The third kappa shape index (κ3) is 15.1. The minimum Gasteiger partial charge on any atom is -0.481 e. The van der Waals surface area contributed by atoms with Crippen LogP contribution in [0.15, 0.2) is 116 Å². The van der Waals surface area contributed by atoms with E-state index in [9.17, 15) is 87.7 Å². The standard InChI is InChI=1S/C50H62N2O22S6/c1-49(21-12-28-75(55,56)57)44(52(24-13-29-76(58,59)60)40-19-17-36-38(47(40)49)30-34(77(61,62)63)32-42(36)79(67,68)69)14-8-5-4-6-9-15-45-50(2,22-25-74-27-26-73-3)48-39-31-35(78(64,65)66)33-43(80(70,71)72)37(39)18-20-41(48)51(45)23-11-7-10-16-46(53)54/h4-6,8-9,14-15,17-20,30-33,44H,7,10-13,16,21-29H2,1-3H3,(H,53,54)(H,55,56,57)(H,58,59,60)(H,61,62,63)(H,64,65,66)(H,67,68,69)(H,70,71,72). The van der Waals surface area contributed by atoms with E-state index < -0.39 is 115 Å². The van der Waals surface area contributed by atoms with Crippen LogP contribution in [0.5, 0.6) is 0 Å². The monoisotopic (exact) mass is 1230 g/mol. The van der Waals surface area contributed by atoms with Crippen LogP contribution in [0.1, 0.15) is 76.3 Å². The van der Waals surface area contributed by atoms with Gasteiger partial charge in [-0.1, -0.05) is 61.9 Å². The van der Waals surface area contributed by atoms with Crippen LogP contribution in [-0.2, 0) is 85.8 Å². The molecule has 2 heterocycles. The summed E-state index contributed by atoms with van der Waals surface area (Å²) < 4.78 is 221. The van der Waals surface area contributed by atoms with Crippen LogP contribution in [-0.4, -0.2) is 146 Å². The minimum atomic E-state index is -5.17. The molecule has 3 atom stereocenters. The predicted molar refractivity (Wildman–Crippen MR) is 296 cm³/mol. The maximum Gasteiger partial charge on any atom is 0.303 e. The molecule has 2 aliphatic heterocycles. The first-order valence-corrected chi connectivity index (χ1v) is 33.6. The van der Waals surface area contributed by atoms with Crippen LogP contribution in [0.2, 0.25) is 0 Å². The molecule has 0 saturated heterocycles. The quantitative estimate of drug-likeness (QED) is 0.0184. The normalized spacial score (nSPS) is 19.9. The molecule has 0 aliphatic carbocycles. The summed E-state index contributed by atoms with van der Waals surface area (Å²) in [5.74, 6) is -2.42. The van der Waals surface area contributed by atoms with E-state index in [4.69, 9.17) is 9.47 Å². The lowest BCUT2D eigenvalue weighted by Gasteiger charge is -2.35. The second kappa shape index (κ2) is 24.7. The van der Waals surface area contributed by atoms with Gasteiger partial charge in [-0.15, -0.1) is 0 Å². The first kappa shape index (κ1) is 64.0. The molecule has 0 spiro atoms.